The first-order valence-electron chi connectivity index (χ1n) is 11.7. The molecule has 2 aliphatic rings. The number of quaternary nitrogens is 1. The highest BCUT2D eigenvalue weighted by Crippen LogP contribution is 2.41. The van der Waals surface area contributed by atoms with Gasteiger partial charge >= 0.3 is 0 Å². The minimum absolute atomic E-state index is 0.0320. The molecule has 10 nitrogen and oxygen atoms in total. The number of aromatic hydroxyl groups is 1. The smallest absolute Gasteiger partial charge is 0.275 e. The first-order valence-corrected chi connectivity index (χ1v) is 11.7. The molecule has 1 fully saturated rings. The van der Waals surface area contributed by atoms with E-state index in [0.29, 0.717) is 30.0 Å². The zero-order valence-corrected chi connectivity index (χ0v) is 19.9. The van der Waals surface area contributed by atoms with E-state index in [-0.39, 0.29) is 34.9 Å². The number of carbonyl (C=O) groups excluding carboxylic acids is 2. The van der Waals surface area contributed by atoms with E-state index in [1.807, 2.05) is 11.8 Å². The predicted octanol–water partition coefficient (Wildman–Crippen LogP) is 0.209. The van der Waals surface area contributed by atoms with Crippen LogP contribution in [0.3, 0.4) is 0 Å². The summed E-state index contributed by atoms with van der Waals surface area (Å²) in [5.41, 5.74) is 4.46. The zero-order valence-electron chi connectivity index (χ0n) is 19.9. The van der Waals surface area contributed by atoms with Gasteiger partial charge in [0.15, 0.2) is 11.6 Å². The number of halogens is 1. The van der Waals surface area contributed by atoms with Crippen molar-refractivity contribution < 1.29 is 28.7 Å². The highest BCUT2D eigenvalue weighted by atomic mass is 19.1. The number of amides is 2. The highest BCUT2D eigenvalue weighted by Gasteiger charge is 2.31. The van der Waals surface area contributed by atoms with Crippen molar-refractivity contribution in [2.45, 2.75) is 13.0 Å². The molecule has 3 heterocycles. The average Bonchev–Trinajstić information content (AvgIpc) is 2.86. The molecule has 188 valence electrons. The third-order valence-electron chi connectivity index (χ3n) is 6.72. The first-order chi connectivity index (χ1) is 17.2. The van der Waals surface area contributed by atoms with Crippen LogP contribution in [0.4, 0.5) is 10.1 Å². The number of benzene rings is 2. The van der Waals surface area contributed by atoms with Gasteiger partial charge in [0, 0.05) is 11.8 Å². The summed E-state index contributed by atoms with van der Waals surface area (Å²) in [5, 5.41) is 9.58. The minimum atomic E-state index is -0.842. The van der Waals surface area contributed by atoms with Crippen LogP contribution in [-0.4, -0.2) is 61.3 Å². The monoisotopic (exact) mass is 496 g/mol. The quantitative estimate of drug-likeness (QED) is 0.385. The molecule has 1 atom stereocenters. The molecule has 11 heteroatoms. The van der Waals surface area contributed by atoms with Crippen LogP contribution in [0.15, 0.2) is 41.3 Å². The van der Waals surface area contributed by atoms with Crippen molar-refractivity contribution >= 4 is 28.4 Å². The van der Waals surface area contributed by atoms with E-state index in [2.05, 4.69) is 17.9 Å². The summed E-state index contributed by atoms with van der Waals surface area (Å²) in [5.74, 6) is -1.89. The molecule has 1 aromatic heterocycles. The van der Waals surface area contributed by atoms with Gasteiger partial charge in [0.2, 0.25) is 5.43 Å². The Morgan fingerprint density at radius 2 is 1.89 bits per heavy atom. The second-order valence-electron chi connectivity index (χ2n) is 9.27. The number of phenols is 1. The first kappa shape index (κ1) is 23.6. The lowest BCUT2D eigenvalue weighted by Gasteiger charge is -2.35. The summed E-state index contributed by atoms with van der Waals surface area (Å²) < 4.78 is 23.2. The summed E-state index contributed by atoms with van der Waals surface area (Å²) >= 11 is 0. The molecule has 2 aliphatic heterocycles. The Morgan fingerprint density at radius 3 is 2.61 bits per heavy atom. The summed E-state index contributed by atoms with van der Waals surface area (Å²) in [6.07, 6.45) is 1.42. The van der Waals surface area contributed by atoms with Crippen molar-refractivity contribution in [1.29, 1.82) is 0 Å². The number of anilines is 1. The molecule has 3 aromatic rings. The van der Waals surface area contributed by atoms with Crippen LogP contribution in [0, 0.1) is 5.82 Å². The number of pyridine rings is 1. The minimum Gasteiger partial charge on any atom is -0.508 e. The lowest BCUT2D eigenvalue weighted by molar-refractivity contribution is -0.880. The Hall–Kier alpha value is -4.12. The lowest BCUT2D eigenvalue weighted by Crippen LogP contribution is -3.12. The molecule has 36 heavy (non-hydrogen) atoms. The molecule has 0 saturated carbocycles. The fraction of sp³-hybridized carbons (Fsp3) is 0.320. The topological polar surface area (TPSA) is 117 Å². The van der Waals surface area contributed by atoms with Crippen LogP contribution >= 0.6 is 0 Å². The van der Waals surface area contributed by atoms with E-state index < -0.39 is 23.1 Å². The van der Waals surface area contributed by atoms with Gasteiger partial charge in [-0.3, -0.25) is 25.2 Å². The molecule has 2 amide bonds. The molecular weight excluding hydrogens is 469 g/mol. The van der Waals surface area contributed by atoms with Gasteiger partial charge in [-0.15, -0.1) is 0 Å². The number of phenolic OH excluding ortho intramolecular Hbond substituents is 1. The number of piperazine rings is 1. The van der Waals surface area contributed by atoms with E-state index in [9.17, 15) is 19.5 Å². The van der Waals surface area contributed by atoms with Gasteiger partial charge in [-0.2, -0.15) is 0 Å². The number of carbonyl (C=O) groups is 2. The van der Waals surface area contributed by atoms with E-state index in [4.69, 9.17) is 4.74 Å². The summed E-state index contributed by atoms with van der Waals surface area (Å²) in [4.78, 5) is 41.8. The predicted molar refractivity (Wildman–Crippen MR) is 130 cm³/mol. The fourth-order valence-corrected chi connectivity index (χ4v) is 4.68. The van der Waals surface area contributed by atoms with Crippen molar-refractivity contribution in [2.75, 3.05) is 44.7 Å². The lowest BCUT2D eigenvalue weighted by atomic mass is 10.0. The molecule has 2 aromatic carbocycles. The number of aromatic nitrogens is 1. The Balaban J connectivity index is 1.51. The van der Waals surface area contributed by atoms with E-state index >= 15 is 4.39 Å². The molecule has 0 aliphatic carbocycles. The number of rotatable bonds is 3. The number of nitrogens with one attached hydrogen (secondary N) is 3. The van der Waals surface area contributed by atoms with Crippen molar-refractivity contribution in [3.8, 4) is 11.5 Å². The van der Waals surface area contributed by atoms with Gasteiger partial charge in [0.05, 0.1) is 50.2 Å². The Bertz CT molecular complexity index is 1430. The van der Waals surface area contributed by atoms with Crippen LogP contribution in [-0.2, 0) is 0 Å². The summed E-state index contributed by atoms with van der Waals surface area (Å²) in [6.45, 7) is 5.14. The van der Waals surface area contributed by atoms with Gasteiger partial charge in [-0.05, 0) is 31.2 Å². The maximum absolute atomic E-state index is 15.4. The van der Waals surface area contributed by atoms with E-state index in [1.54, 1.807) is 4.57 Å². The van der Waals surface area contributed by atoms with Crippen molar-refractivity contribution in [3.05, 3.63) is 63.7 Å². The number of hydrogen-bond acceptors (Lipinski definition) is 6. The van der Waals surface area contributed by atoms with E-state index in [1.165, 1.54) is 41.4 Å². The second kappa shape index (κ2) is 9.15. The largest absolute Gasteiger partial charge is 0.508 e. The maximum Gasteiger partial charge on any atom is 0.275 e. The number of hydrazine groups is 1. The molecule has 4 N–H and O–H groups in total. The summed E-state index contributed by atoms with van der Waals surface area (Å²) in [6, 6.07) is 6.54. The molecule has 0 bridgehead atoms. The standard InChI is InChI=1S/C25H26FN5O5/c1-14-13-36-23-20-17(11-19(26)21(23)30-8-6-29(2)7-9-30)22(33)18(12-31(14)20)25(35)28-27-24(34)15-4-3-5-16(32)10-15/h3-5,10-12,14,32H,6-9,13H2,1-2H3,(H,27,34)(H,28,35)/p+1/t14-/m1/s1. The average molecular weight is 497 g/mol. The Morgan fingerprint density at radius 1 is 1.17 bits per heavy atom. The van der Waals surface area contributed by atoms with Crippen LogP contribution in [0.5, 0.6) is 11.5 Å². The maximum atomic E-state index is 15.4. The molecule has 0 radical (unpaired) electrons. The Kier molecular flexibility index (Phi) is 6.00. The third kappa shape index (κ3) is 4.11. The number of likely N-dealkylation sites (N-methyl/N-ethyl adjacent to an activating group) is 1. The number of nitrogens with zero attached hydrogens (tertiary/aromatic N) is 2. The molecular formula is C25H27FN5O5+. The second-order valence-corrected chi connectivity index (χ2v) is 9.27. The van der Waals surface area contributed by atoms with Gasteiger partial charge < -0.3 is 24.2 Å². The summed E-state index contributed by atoms with van der Waals surface area (Å²) in [7, 11) is 2.09. The number of hydrogen-bond donors (Lipinski definition) is 4. The van der Waals surface area contributed by atoms with Gasteiger partial charge in [0.25, 0.3) is 11.8 Å². The molecule has 0 unspecified atom stereocenters. The normalized spacial score (nSPS) is 17.5. The van der Waals surface area contributed by atoms with Crippen LogP contribution in [0.2, 0.25) is 0 Å². The van der Waals surface area contributed by atoms with Crippen molar-refractivity contribution in [2.24, 2.45) is 0 Å². The third-order valence-corrected chi connectivity index (χ3v) is 6.72. The SMILES string of the molecule is C[C@@H]1COc2c(N3CC[NH+](C)CC3)c(F)cc3c(=O)c(C(=O)NNC(=O)c4cccc(O)c4)cn1c23. The molecule has 5 rings (SSSR count). The van der Waals surface area contributed by atoms with Crippen LogP contribution < -0.4 is 30.8 Å². The van der Waals surface area contributed by atoms with Crippen LogP contribution in [0.1, 0.15) is 33.7 Å². The number of ether oxygens (including phenoxy) is 1. The fourth-order valence-electron chi connectivity index (χ4n) is 4.68. The zero-order chi connectivity index (χ0) is 25.6. The van der Waals surface area contributed by atoms with Crippen molar-refractivity contribution in [3.63, 3.8) is 0 Å². The molecule has 0 spiro atoms. The van der Waals surface area contributed by atoms with Gasteiger partial charge in [0.1, 0.15) is 23.6 Å². The highest BCUT2D eigenvalue weighted by molar-refractivity contribution is 6.02. The Labute approximate surface area is 205 Å². The van der Waals surface area contributed by atoms with E-state index in [0.717, 1.165) is 13.1 Å². The van der Waals surface area contributed by atoms with Crippen molar-refractivity contribution in [1.82, 2.24) is 15.4 Å². The molecule has 1 saturated heterocycles. The van der Waals surface area contributed by atoms with Gasteiger partial charge in [-0.1, -0.05) is 6.07 Å². The van der Waals surface area contributed by atoms with Gasteiger partial charge in [-0.25, -0.2) is 4.39 Å². The van der Waals surface area contributed by atoms with Crippen LogP contribution in [0.25, 0.3) is 10.9 Å².